The number of hydrogen-bond donors (Lipinski definition) is 0. The fraction of sp³-hybridized carbons (Fsp3) is 0.0870. The number of anilines is 1. The van der Waals surface area contributed by atoms with Gasteiger partial charge in [-0.25, -0.2) is 4.98 Å². The number of benzene rings is 3. The Hall–Kier alpha value is -3.44. The molecule has 0 unspecified atom stereocenters. The topological polar surface area (TPSA) is 50.5 Å². The molecule has 29 heavy (non-hydrogen) atoms. The van der Waals surface area contributed by atoms with Gasteiger partial charge < -0.3 is 4.90 Å². The first-order valence-electron chi connectivity index (χ1n) is 9.12. The summed E-state index contributed by atoms with van der Waals surface area (Å²) >= 11 is 6.10. The molecule has 3 aromatic carbocycles. The molecule has 1 aromatic heterocycles. The van der Waals surface area contributed by atoms with Gasteiger partial charge in [-0.15, -0.1) is 0 Å². The molecular formula is C23H19ClN4O. The predicted molar refractivity (Wildman–Crippen MR) is 120 cm³/mol. The van der Waals surface area contributed by atoms with Crippen molar-refractivity contribution in [3.05, 3.63) is 93.7 Å². The molecule has 144 valence electrons. The minimum absolute atomic E-state index is 0.244. The molecule has 6 heteroatoms. The van der Waals surface area contributed by atoms with Gasteiger partial charge in [0.1, 0.15) is 0 Å². The van der Waals surface area contributed by atoms with Crippen LogP contribution in [0.4, 0.5) is 5.69 Å². The van der Waals surface area contributed by atoms with Gasteiger partial charge in [-0.1, -0.05) is 54.1 Å². The molecule has 0 fully saturated rings. The Bertz CT molecular complexity index is 1250. The van der Waals surface area contributed by atoms with E-state index in [-0.39, 0.29) is 5.56 Å². The molecule has 0 aliphatic heterocycles. The third-order valence-corrected chi connectivity index (χ3v) is 4.81. The maximum absolute atomic E-state index is 13.2. The van der Waals surface area contributed by atoms with E-state index in [0.717, 1.165) is 16.8 Å². The molecule has 5 nitrogen and oxygen atoms in total. The van der Waals surface area contributed by atoms with E-state index in [1.807, 2.05) is 73.6 Å². The average Bonchev–Trinajstić information content (AvgIpc) is 2.73. The smallest absolute Gasteiger partial charge is 0.282 e. The molecule has 0 amide bonds. The van der Waals surface area contributed by atoms with Gasteiger partial charge >= 0.3 is 0 Å². The van der Waals surface area contributed by atoms with E-state index in [0.29, 0.717) is 21.7 Å². The van der Waals surface area contributed by atoms with Crippen molar-refractivity contribution in [3.8, 4) is 11.4 Å². The summed E-state index contributed by atoms with van der Waals surface area (Å²) in [5.74, 6) is 0.464. The Labute approximate surface area is 173 Å². The first-order chi connectivity index (χ1) is 14.0. The molecule has 0 atom stereocenters. The zero-order valence-electron chi connectivity index (χ0n) is 16.1. The predicted octanol–water partition coefficient (Wildman–Crippen LogP) is 4.67. The van der Waals surface area contributed by atoms with Gasteiger partial charge in [-0.2, -0.15) is 9.78 Å². The molecular weight excluding hydrogens is 384 g/mol. The Balaban J connectivity index is 1.86. The first-order valence-corrected chi connectivity index (χ1v) is 9.50. The highest BCUT2D eigenvalue weighted by Crippen LogP contribution is 2.21. The summed E-state index contributed by atoms with van der Waals surface area (Å²) in [6.07, 6.45) is 1.66. The van der Waals surface area contributed by atoms with Crippen molar-refractivity contribution >= 4 is 34.4 Å². The van der Waals surface area contributed by atoms with Crippen molar-refractivity contribution in [2.75, 3.05) is 19.0 Å². The van der Waals surface area contributed by atoms with E-state index in [9.17, 15) is 4.79 Å². The summed E-state index contributed by atoms with van der Waals surface area (Å²) < 4.78 is 1.34. The molecule has 0 saturated heterocycles. The highest BCUT2D eigenvalue weighted by atomic mass is 35.5. The molecule has 4 aromatic rings. The lowest BCUT2D eigenvalue weighted by atomic mass is 10.2. The van der Waals surface area contributed by atoms with Gasteiger partial charge in [-0.3, -0.25) is 4.79 Å². The molecule has 0 radical (unpaired) electrons. The van der Waals surface area contributed by atoms with Crippen molar-refractivity contribution in [2.24, 2.45) is 5.10 Å². The number of aromatic nitrogens is 2. The van der Waals surface area contributed by atoms with Crippen LogP contribution in [-0.2, 0) is 0 Å². The van der Waals surface area contributed by atoms with Crippen LogP contribution in [0.15, 0.2) is 82.7 Å². The zero-order chi connectivity index (χ0) is 20.4. The van der Waals surface area contributed by atoms with E-state index in [1.54, 1.807) is 24.4 Å². The van der Waals surface area contributed by atoms with Crippen LogP contribution in [0.1, 0.15) is 5.56 Å². The highest BCUT2D eigenvalue weighted by molar-refractivity contribution is 6.31. The largest absolute Gasteiger partial charge is 0.378 e. The molecule has 0 spiro atoms. The normalized spacial score (nSPS) is 11.3. The summed E-state index contributed by atoms with van der Waals surface area (Å²) in [5.41, 5.74) is 3.08. The highest BCUT2D eigenvalue weighted by Gasteiger charge is 2.12. The van der Waals surface area contributed by atoms with Crippen LogP contribution in [0.5, 0.6) is 0 Å². The maximum Gasteiger partial charge on any atom is 0.282 e. The molecule has 4 rings (SSSR count). The Morgan fingerprint density at radius 1 is 1.00 bits per heavy atom. The summed E-state index contributed by atoms with van der Waals surface area (Å²) in [4.78, 5) is 19.9. The third kappa shape index (κ3) is 3.91. The fourth-order valence-electron chi connectivity index (χ4n) is 3.01. The molecule has 0 N–H and O–H groups in total. The molecule has 0 bridgehead atoms. The number of nitrogens with zero attached hydrogens (tertiary/aromatic N) is 4. The number of halogens is 1. The van der Waals surface area contributed by atoms with Crippen LogP contribution >= 0.6 is 11.6 Å². The van der Waals surface area contributed by atoms with Crippen LogP contribution in [-0.4, -0.2) is 30.0 Å². The van der Waals surface area contributed by atoms with Crippen LogP contribution < -0.4 is 10.5 Å². The van der Waals surface area contributed by atoms with E-state index in [2.05, 4.69) is 10.1 Å². The van der Waals surface area contributed by atoms with Gasteiger partial charge in [0.15, 0.2) is 5.82 Å². The van der Waals surface area contributed by atoms with Gasteiger partial charge in [0, 0.05) is 30.4 Å². The SMILES string of the molecule is CN(C)c1ccc(/C=N/n2c(-c3ccccc3)nc3cc(Cl)ccc3c2=O)cc1. The number of hydrogen-bond acceptors (Lipinski definition) is 4. The minimum Gasteiger partial charge on any atom is -0.378 e. The second kappa shape index (κ2) is 7.89. The van der Waals surface area contributed by atoms with Crippen molar-refractivity contribution in [1.29, 1.82) is 0 Å². The van der Waals surface area contributed by atoms with Crippen LogP contribution in [0.3, 0.4) is 0 Å². The first kappa shape index (κ1) is 18.9. The van der Waals surface area contributed by atoms with Crippen LogP contribution in [0, 0.1) is 0 Å². The monoisotopic (exact) mass is 402 g/mol. The lowest BCUT2D eigenvalue weighted by molar-refractivity contribution is 0.830. The molecule has 1 heterocycles. The lowest BCUT2D eigenvalue weighted by Gasteiger charge is -2.12. The van der Waals surface area contributed by atoms with Gasteiger partial charge in [0.05, 0.1) is 17.1 Å². The van der Waals surface area contributed by atoms with Crippen molar-refractivity contribution in [1.82, 2.24) is 9.66 Å². The maximum atomic E-state index is 13.2. The van der Waals surface area contributed by atoms with E-state index in [1.165, 1.54) is 4.68 Å². The second-order valence-corrected chi connectivity index (χ2v) is 7.25. The summed E-state index contributed by atoms with van der Waals surface area (Å²) in [6, 6.07) is 22.5. The van der Waals surface area contributed by atoms with Crippen LogP contribution in [0.2, 0.25) is 5.02 Å². The van der Waals surface area contributed by atoms with E-state index in [4.69, 9.17) is 11.6 Å². The quantitative estimate of drug-likeness (QED) is 0.466. The van der Waals surface area contributed by atoms with Crippen molar-refractivity contribution in [2.45, 2.75) is 0 Å². The molecule has 0 aliphatic rings. The van der Waals surface area contributed by atoms with Crippen molar-refractivity contribution in [3.63, 3.8) is 0 Å². The van der Waals surface area contributed by atoms with E-state index < -0.39 is 0 Å². The van der Waals surface area contributed by atoms with Crippen LogP contribution in [0.25, 0.3) is 22.3 Å². The average molecular weight is 403 g/mol. The van der Waals surface area contributed by atoms with Gasteiger partial charge in [-0.05, 0) is 35.9 Å². The van der Waals surface area contributed by atoms with E-state index >= 15 is 0 Å². The lowest BCUT2D eigenvalue weighted by Crippen LogP contribution is -2.20. The molecule has 0 saturated carbocycles. The minimum atomic E-state index is -0.244. The Kier molecular flexibility index (Phi) is 5.14. The standard InChI is InChI=1S/C23H19ClN4O/c1-27(2)19-11-8-16(9-12-19)15-25-28-22(17-6-4-3-5-7-17)26-21-14-18(24)10-13-20(21)23(28)29/h3-15H,1-2H3/b25-15+. The zero-order valence-corrected chi connectivity index (χ0v) is 16.8. The summed E-state index contributed by atoms with van der Waals surface area (Å²) in [5, 5.41) is 5.47. The fourth-order valence-corrected chi connectivity index (χ4v) is 3.18. The Morgan fingerprint density at radius 2 is 1.72 bits per heavy atom. The summed E-state index contributed by atoms with van der Waals surface area (Å²) in [7, 11) is 3.98. The molecule has 0 aliphatic carbocycles. The number of fused-ring (bicyclic) bond motifs is 1. The van der Waals surface area contributed by atoms with Crippen molar-refractivity contribution < 1.29 is 0 Å². The summed E-state index contributed by atoms with van der Waals surface area (Å²) in [6.45, 7) is 0. The van der Waals surface area contributed by atoms with Gasteiger partial charge in [0.2, 0.25) is 0 Å². The third-order valence-electron chi connectivity index (χ3n) is 4.57. The Morgan fingerprint density at radius 3 is 2.41 bits per heavy atom. The van der Waals surface area contributed by atoms with Gasteiger partial charge in [0.25, 0.3) is 5.56 Å². The number of rotatable bonds is 4. The second-order valence-electron chi connectivity index (χ2n) is 6.81.